The van der Waals surface area contributed by atoms with Crippen LogP contribution in [-0.4, -0.2) is 39.4 Å². The first-order valence-corrected chi connectivity index (χ1v) is 7.31. The van der Waals surface area contributed by atoms with E-state index in [1.807, 2.05) is 0 Å². The van der Waals surface area contributed by atoms with E-state index in [4.69, 9.17) is 9.84 Å². The number of anilines is 1. The summed E-state index contributed by atoms with van der Waals surface area (Å²) in [6, 6.07) is 6.75. The summed E-state index contributed by atoms with van der Waals surface area (Å²) in [4.78, 5) is 10.4. The summed E-state index contributed by atoms with van der Waals surface area (Å²) in [6.45, 7) is 0. The highest BCUT2D eigenvalue weighted by Gasteiger charge is 2.21. The largest absolute Gasteiger partial charge is 0.495 e. The zero-order chi connectivity index (χ0) is 14.5. The molecule has 1 aromatic carbocycles. The first-order chi connectivity index (χ1) is 8.88. The summed E-state index contributed by atoms with van der Waals surface area (Å²) in [5.74, 6) is -0.768. The van der Waals surface area contributed by atoms with Gasteiger partial charge in [0.05, 0.1) is 18.6 Å². The van der Waals surface area contributed by atoms with Crippen LogP contribution in [0.2, 0.25) is 0 Å². The van der Waals surface area contributed by atoms with Crippen molar-refractivity contribution in [1.82, 2.24) is 0 Å². The minimum Gasteiger partial charge on any atom is -0.495 e. The van der Waals surface area contributed by atoms with Crippen LogP contribution in [0.1, 0.15) is 12.8 Å². The van der Waals surface area contributed by atoms with Crippen molar-refractivity contribution < 1.29 is 23.1 Å². The third-order valence-electron chi connectivity index (χ3n) is 2.63. The number of rotatable bonds is 7. The van der Waals surface area contributed by atoms with E-state index in [0.717, 1.165) is 4.31 Å². The van der Waals surface area contributed by atoms with Crippen molar-refractivity contribution in [3.63, 3.8) is 0 Å². The highest BCUT2D eigenvalue weighted by molar-refractivity contribution is 7.92. The van der Waals surface area contributed by atoms with Gasteiger partial charge in [-0.3, -0.25) is 9.10 Å². The molecule has 1 rings (SSSR count). The Kier molecular flexibility index (Phi) is 5.17. The Balaban J connectivity index is 2.85. The Morgan fingerprint density at radius 3 is 2.58 bits per heavy atom. The number of carboxylic acids is 1. The molecule has 0 radical (unpaired) electrons. The van der Waals surface area contributed by atoms with Crippen LogP contribution in [0, 0.1) is 0 Å². The van der Waals surface area contributed by atoms with Crippen molar-refractivity contribution in [2.45, 2.75) is 12.8 Å². The number of methoxy groups -OCH3 is 1. The highest BCUT2D eigenvalue weighted by atomic mass is 32.2. The molecule has 0 aliphatic carbocycles. The SMILES string of the molecule is COc1ccccc1N(C)S(=O)(=O)CCCC(=O)O. The average Bonchev–Trinajstić information content (AvgIpc) is 2.37. The van der Waals surface area contributed by atoms with E-state index in [2.05, 4.69) is 0 Å². The number of carboxylic acid groups (broad SMARTS) is 1. The predicted molar refractivity (Wildman–Crippen MR) is 72.1 cm³/mol. The van der Waals surface area contributed by atoms with Crippen LogP contribution >= 0.6 is 0 Å². The Labute approximate surface area is 112 Å². The summed E-state index contributed by atoms with van der Waals surface area (Å²) >= 11 is 0. The monoisotopic (exact) mass is 287 g/mol. The van der Waals surface area contributed by atoms with Crippen molar-refractivity contribution in [2.75, 3.05) is 24.2 Å². The predicted octanol–water partition coefficient (Wildman–Crippen LogP) is 1.33. The first-order valence-electron chi connectivity index (χ1n) is 5.70. The van der Waals surface area contributed by atoms with Gasteiger partial charge in [-0.1, -0.05) is 12.1 Å². The molecule has 0 spiro atoms. The van der Waals surface area contributed by atoms with Crippen LogP contribution in [0.3, 0.4) is 0 Å². The molecule has 0 bridgehead atoms. The average molecular weight is 287 g/mol. The Hall–Kier alpha value is -1.76. The minimum absolute atomic E-state index is 0.0805. The molecular formula is C12H17NO5S. The summed E-state index contributed by atoms with van der Waals surface area (Å²) in [5, 5.41) is 8.52. The second-order valence-corrected chi connectivity index (χ2v) is 6.07. The lowest BCUT2D eigenvalue weighted by Crippen LogP contribution is -2.29. The maximum atomic E-state index is 12.1. The van der Waals surface area contributed by atoms with Gasteiger partial charge < -0.3 is 9.84 Å². The van der Waals surface area contributed by atoms with Crippen molar-refractivity contribution in [2.24, 2.45) is 0 Å². The maximum absolute atomic E-state index is 12.1. The molecule has 1 aromatic rings. The van der Waals surface area contributed by atoms with Gasteiger partial charge in [-0.2, -0.15) is 0 Å². The Morgan fingerprint density at radius 1 is 1.37 bits per heavy atom. The number of para-hydroxylation sites is 2. The Bertz CT molecular complexity index is 541. The first kappa shape index (κ1) is 15.3. The molecule has 6 nitrogen and oxygen atoms in total. The smallest absolute Gasteiger partial charge is 0.303 e. The van der Waals surface area contributed by atoms with Gasteiger partial charge in [-0.15, -0.1) is 0 Å². The number of hydrogen-bond acceptors (Lipinski definition) is 4. The molecule has 0 saturated heterocycles. The van der Waals surface area contributed by atoms with E-state index in [1.165, 1.54) is 14.2 Å². The van der Waals surface area contributed by atoms with Crippen LogP contribution in [-0.2, 0) is 14.8 Å². The molecule has 0 heterocycles. The van der Waals surface area contributed by atoms with Gasteiger partial charge in [0.15, 0.2) is 0 Å². The van der Waals surface area contributed by atoms with Gasteiger partial charge in [-0.25, -0.2) is 8.42 Å². The third-order valence-corrected chi connectivity index (χ3v) is 4.47. The van der Waals surface area contributed by atoms with E-state index in [9.17, 15) is 13.2 Å². The molecule has 0 aliphatic rings. The Morgan fingerprint density at radius 2 is 2.00 bits per heavy atom. The lowest BCUT2D eigenvalue weighted by atomic mass is 10.3. The van der Waals surface area contributed by atoms with Crippen molar-refractivity contribution >= 4 is 21.7 Å². The van der Waals surface area contributed by atoms with E-state index in [0.29, 0.717) is 11.4 Å². The van der Waals surface area contributed by atoms with Crippen LogP contribution in [0.5, 0.6) is 5.75 Å². The fraction of sp³-hybridized carbons (Fsp3) is 0.417. The van der Waals surface area contributed by atoms with Gasteiger partial charge >= 0.3 is 5.97 Å². The third kappa shape index (κ3) is 4.13. The molecule has 0 unspecified atom stereocenters. The topological polar surface area (TPSA) is 83.9 Å². The van der Waals surface area contributed by atoms with Gasteiger partial charge in [0.2, 0.25) is 10.0 Å². The number of aliphatic carboxylic acids is 1. The molecule has 7 heteroatoms. The summed E-state index contributed by atoms with van der Waals surface area (Å²) < 4.78 is 30.3. The van der Waals surface area contributed by atoms with E-state index >= 15 is 0 Å². The van der Waals surface area contributed by atoms with Crippen molar-refractivity contribution in [3.8, 4) is 5.75 Å². The molecule has 19 heavy (non-hydrogen) atoms. The molecule has 0 saturated carbocycles. The second kappa shape index (κ2) is 6.42. The second-order valence-electron chi connectivity index (χ2n) is 3.95. The molecule has 0 atom stereocenters. The summed E-state index contributed by atoms with van der Waals surface area (Å²) in [7, 11) is -0.665. The van der Waals surface area contributed by atoms with E-state index in [-0.39, 0.29) is 18.6 Å². The van der Waals surface area contributed by atoms with Crippen LogP contribution in [0.4, 0.5) is 5.69 Å². The molecule has 106 valence electrons. The quantitative estimate of drug-likeness (QED) is 0.817. The van der Waals surface area contributed by atoms with Gasteiger partial charge in [-0.05, 0) is 18.6 Å². The molecule has 0 amide bonds. The van der Waals surface area contributed by atoms with Gasteiger partial charge in [0.25, 0.3) is 0 Å². The lowest BCUT2D eigenvalue weighted by molar-refractivity contribution is -0.137. The molecule has 1 N–H and O–H groups in total. The number of sulfonamides is 1. The van der Waals surface area contributed by atoms with Crippen LogP contribution < -0.4 is 9.04 Å². The van der Waals surface area contributed by atoms with Gasteiger partial charge in [0, 0.05) is 13.5 Å². The number of nitrogens with zero attached hydrogens (tertiary/aromatic N) is 1. The van der Waals surface area contributed by atoms with E-state index < -0.39 is 16.0 Å². The zero-order valence-corrected chi connectivity index (χ0v) is 11.7. The number of carbonyl (C=O) groups is 1. The lowest BCUT2D eigenvalue weighted by Gasteiger charge is -2.21. The van der Waals surface area contributed by atoms with Crippen molar-refractivity contribution in [1.29, 1.82) is 0 Å². The summed E-state index contributed by atoms with van der Waals surface area (Å²) in [5.41, 5.74) is 0.431. The highest BCUT2D eigenvalue weighted by Crippen LogP contribution is 2.28. The van der Waals surface area contributed by atoms with Gasteiger partial charge in [0.1, 0.15) is 5.75 Å². The van der Waals surface area contributed by atoms with E-state index in [1.54, 1.807) is 24.3 Å². The minimum atomic E-state index is -3.55. The fourth-order valence-corrected chi connectivity index (χ4v) is 2.82. The number of benzene rings is 1. The van der Waals surface area contributed by atoms with Crippen LogP contribution in [0.15, 0.2) is 24.3 Å². The fourth-order valence-electron chi connectivity index (χ4n) is 1.58. The molecule has 0 fully saturated rings. The van der Waals surface area contributed by atoms with Crippen molar-refractivity contribution in [3.05, 3.63) is 24.3 Å². The molecule has 0 aromatic heterocycles. The van der Waals surface area contributed by atoms with Crippen LogP contribution in [0.25, 0.3) is 0 Å². The summed E-state index contributed by atoms with van der Waals surface area (Å²) in [6.07, 6.45) is -0.0872. The molecular weight excluding hydrogens is 270 g/mol. The maximum Gasteiger partial charge on any atom is 0.303 e. The number of hydrogen-bond donors (Lipinski definition) is 1. The molecule has 0 aliphatic heterocycles. The zero-order valence-electron chi connectivity index (χ0n) is 10.9. The normalized spacial score (nSPS) is 11.1. The number of ether oxygens (including phenoxy) is 1. The standard InChI is InChI=1S/C12H17NO5S/c1-13(10-6-3-4-7-11(10)18-2)19(16,17)9-5-8-12(14)15/h3-4,6-7H,5,8-9H2,1-2H3,(H,14,15).